The van der Waals surface area contributed by atoms with Crippen LogP contribution in [0, 0.1) is 0 Å². The lowest BCUT2D eigenvalue weighted by Gasteiger charge is -2.23. The lowest BCUT2D eigenvalue weighted by Crippen LogP contribution is -2.32. The van der Waals surface area contributed by atoms with E-state index >= 15 is 0 Å². The second-order valence-electron chi connectivity index (χ2n) is 5.17. The Morgan fingerprint density at radius 3 is 2.33 bits per heavy atom. The van der Waals surface area contributed by atoms with Crippen molar-refractivity contribution < 1.29 is 4.74 Å². The highest BCUT2D eigenvalue weighted by Gasteiger charge is 2.23. The van der Waals surface area contributed by atoms with Crippen molar-refractivity contribution >= 4 is 0 Å². The van der Waals surface area contributed by atoms with Gasteiger partial charge in [-0.05, 0) is 24.6 Å². The fourth-order valence-electron chi connectivity index (χ4n) is 2.49. The van der Waals surface area contributed by atoms with Gasteiger partial charge in [-0.25, -0.2) is 9.67 Å². The van der Waals surface area contributed by atoms with Gasteiger partial charge in [0.15, 0.2) is 5.82 Å². The minimum Gasteiger partial charge on any atom is -0.497 e. The molecule has 0 bridgehead atoms. The first-order valence-corrected chi connectivity index (χ1v) is 7.44. The van der Waals surface area contributed by atoms with E-state index in [-0.39, 0.29) is 12.1 Å². The van der Waals surface area contributed by atoms with Crippen molar-refractivity contribution in [1.82, 2.24) is 14.8 Å². The van der Waals surface area contributed by atoms with Crippen LogP contribution in [0.3, 0.4) is 0 Å². The predicted octanol–water partition coefficient (Wildman–Crippen LogP) is 2.35. The van der Waals surface area contributed by atoms with Crippen molar-refractivity contribution in [2.75, 3.05) is 7.11 Å². The largest absolute Gasteiger partial charge is 0.497 e. The first-order chi connectivity index (χ1) is 10.1. The standard InChI is InChI=1S/C16H24N4O/c1-5-14-18-15(6-2)20(19-14)16(11(3)17)12-7-9-13(21-4)10-8-12/h7-11,16H,5-6,17H2,1-4H3. The van der Waals surface area contributed by atoms with Gasteiger partial charge in [-0.15, -0.1) is 0 Å². The number of benzene rings is 1. The Labute approximate surface area is 126 Å². The summed E-state index contributed by atoms with van der Waals surface area (Å²) in [6.07, 6.45) is 1.67. The molecule has 0 spiro atoms. The summed E-state index contributed by atoms with van der Waals surface area (Å²) in [5.41, 5.74) is 7.34. The van der Waals surface area contributed by atoms with Gasteiger partial charge in [0, 0.05) is 18.9 Å². The fraction of sp³-hybridized carbons (Fsp3) is 0.500. The number of nitrogens with zero attached hydrogens (tertiary/aromatic N) is 3. The van der Waals surface area contributed by atoms with Crippen LogP contribution >= 0.6 is 0 Å². The number of methoxy groups -OCH3 is 1. The van der Waals surface area contributed by atoms with Crippen LogP contribution in [-0.4, -0.2) is 27.9 Å². The van der Waals surface area contributed by atoms with Gasteiger partial charge in [0.2, 0.25) is 0 Å². The second kappa shape index (κ2) is 6.72. The normalized spacial score (nSPS) is 14.0. The molecule has 1 aromatic carbocycles. The molecule has 5 nitrogen and oxygen atoms in total. The molecule has 0 aliphatic heterocycles. The third-order valence-electron chi connectivity index (χ3n) is 3.60. The fourth-order valence-corrected chi connectivity index (χ4v) is 2.49. The topological polar surface area (TPSA) is 66.0 Å². The third-order valence-corrected chi connectivity index (χ3v) is 3.60. The highest BCUT2D eigenvalue weighted by molar-refractivity contribution is 5.30. The van der Waals surface area contributed by atoms with Crippen molar-refractivity contribution in [2.24, 2.45) is 5.73 Å². The molecule has 114 valence electrons. The van der Waals surface area contributed by atoms with Gasteiger partial charge in [-0.3, -0.25) is 0 Å². The Bertz CT molecular complexity index is 574. The lowest BCUT2D eigenvalue weighted by atomic mass is 10.0. The van der Waals surface area contributed by atoms with Crippen molar-refractivity contribution in [3.8, 4) is 5.75 Å². The number of rotatable bonds is 6. The lowest BCUT2D eigenvalue weighted by molar-refractivity contribution is 0.412. The molecule has 2 unspecified atom stereocenters. The summed E-state index contributed by atoms with van der Waals surface area (Å²) in [7, 11) is 1.66. The predicted molar refractivity (Wildman–Crippen MR) is 83.6 cm³/mol. The average Bonchev–Trinajstić information content (AvgIpc) is 2.91. The van der Waals surface area contributed by atoms with Crippen LogP contribution in [0.1, 0.15) is 44.0 Å². The number of hydrogen-bond donors (Lipinski definition) is 1. The first-order valence-electron chi connectivity index (χ1n) is 7.44. The number of ether oxygens (including phenoxy) is 1. The number of aromatic nitrogens is 3. The van der Waals surface area contributed by atoms with E-state index in [1.807, 2.05) is 35.9 Å². The zero-order chi connectivity index (χ0) is 15.4. The molecule has 0 saturated carbocycles. The highest BCUT2D eigenvalue weighted by Crippen LogP contribution is 2.24. The van der Waals surface area contributed by atoms with Crippen molar-refractivity contribution in [3.63, 3.8) is 0 Å². The SMILES string of the molecule is CCc1nc(CC)n(C(c2ccc(OC)cc2)C(C)N)n1. The summed E-state index contributed by atoms with van der Waals surface area (Å²) in [6, 6.07) is 7.91. The first kappa shape index (κ1) is 15.5. The van der Waals surface area contributed by atoms with E-state index in [4.69, 9.17) is 10.5 Å². The third kappa shape index (κ3) is 3.24. The Balaban J connectivity index is 2.44. The Morgan fingerprint density at radius 2 is 1.86 bits per heavy atom. The van der Waals surface area contributed by atoms with E-state index in [1.54, 1.807) is 7.11 Å². The van der Waals surface area contributed by atoms with E-state index in [2.05, 4.69) is 23.9 Å². The molecule has 1 heterocycles. The van der Waals surface area contributed by atoms with E-state index in [0.29, 0.717) is 0 Å². The molecule has 2 atom stereocenters. The summed E-state index contributed by atoms with van der Waals surface area (Å²) in [5, 5.41) is 4.63. The van der Waals surface area contributed by atoms with Crippen molar-refractivity contribution in [3.05, 3.63) is 41.5 Å². The van der Waals surface area contributed by atoms with E-state index in [0.717, 1.165) is 35.8 Å². The quantitative estimate of drug-likeness (QED) is 0.886. The van der Waals surface area contributed by atoms with Crippen molar-refractivity contribution in [1.29, 1.82) is 0 Å². The van der Waals surface area contributed by atoms with Crippen LogP contribution in [0.4, 0.5) is 0 Å². The van der Waals surface area contributed by atoms with Crippen LogP contribution in [0.5, 0.6) is 5.75 Å². The average molecular weight is 288 g/mol. The second-order valence-corrected chi connectivity index (χ2v) is 5.17. The minimum absolute atomic E-state index is 0.0151. The molecule has 0 amide bonds. The molecule has 0 fully saturated rings. The van der Waals surface area contributed by atoms with Crippen LogP contribution in [0.2, 0.25) is 0 Å². The summed E-state index contributed by atoms with van der Waals surface area (Å²) in [4.78, 5) is 4.58. The summed E-state index contributed by atoms with van der Waals surface area (Å²) >= 11 is 0. The molecule has 2 N–H and O–H groups in total. The molecule has 0 aliphatic carbocycles. The van der Waals surface area contributed by atoms with Crippen LogP contribution in [-0.2, 0) is 12.8 Å². The molecule has 2 aromatic rings. The minimum atomic E-state index is -0.0601. The van der Waals surface area contributed by atoms with E-state index in [9.17, 15) is 0 Å². The van der Waals surface area contributed by atoms with Gasteiger partial charge in [0.25, 0.3) is 0 Å². The van der Waals surface area contributed by atoms with Crippen LogP contribution in [0.15, 0.2) is 24.3 Å². The molecule has 21 heavy (non-hydrogen) atoms. The number of nitrogens with two attached hydrogens (primary N) is 1. The molecule has 0 aliphatic rings. The molecule has 0 radical (unpaired) electrons. The van der Waals surface area contributed by atoms with Crippen LogP contribution in [0.25, 0.3) is 0 Å². The molecule has 0 saturated heterocycles. The van der Waals surface area contributed by atoms with Crippen LogP contribution < -0.4 is 10.5 Å². The zero-order valence-corrected chi connectivity index (χ0v) is 13.2. The highest BCUT2D eigenvalue weighted by atomic mass is 16.5. The van der Waals surface area contributed by atoms with Gasteiger partial charge >= 0.3 is 0 Å². The van der Waals surface area contributed by atoms with Crippen molar-refractivity contribution in [2.45, 2.75) is 45.7 Å². The van der Waals surface area contributed by atoms with E-state index in [1.165, 1.54) is 0 Å². The van der Waals surface area contributed by atoms with Gasteiger partial charge in [-0.1, -0.05) is 26.0 Å². The maximum atomic E-state index is 6.23. The maximum absolute atomic E-state index is 6.23. The Hall–Kier alpha value is -1.88. The Morgan fingerprint density at radius 1 is 1.19 bits per heavy atom. The summed E-state index contributed by atoms with van der Waals surface area (Å²) < 4.78 is 7.19. The molecule has 2 rings (SSSR count). The molecule has 5 heteroatoms. The van der Waals surface area contributed by atoms with Gasteiger partial charge < -0.3 is 10.5 Å². The van der Waals surface area contributed by atoms with E-state index < -0.39 is 0 Å². The summed E-state index contributed by atoms with van der Waals surface area (Å²) in [5.74, 6) is 2.68. The maximum Gasteiger partial charge on any atom is 0.150 e. The smallest absolute Gasteiger partial charge is 0.150 e. The molecule has 1 aromatic heterocycles. The van der Waals surface area contributed by atoms with Gasteiger partial charge in [-0.2, -0.15) is 5.10 Å². The monoisotopic (exact) mass is 288 g/mol. The number of aryl methyl sites for hydroxylation is 2. The molecular weight excluding hydrogens is 264 g/mol. The zero-order valence-electron chi connectivity index (χ0n) is 13.2. The van der Waals surface area contributed by atoms with Gasteiger partial charge in [0.1, 0.15) is 11.6 Å². The molecular formula is C16H24N4O. The Kier molecular flexibility index (Phi) is 4.96. The summed E-state index contributed by atoms with van der Waals surface area (Å²) in [6.45, 7) is 6.15. The van der Waals surface area contributed by atoms with Gasteiger partial charge in [0.05, 0.1) is 13.2 Å². The number of hydrogen-bond acceptors (Lipinski definition) is 4.